The molecule has 1 unspecified atom stereocenters. The first-order chi connectivity index (χ1) is 14.5. The average molecular weight is 423 g/mol. The van der Waals surface area contributed by atoms with Crippen LogP contribution in [0.15, 0.2) is 60.7 Å². The first-order valence-electron chi connectivity index (χ1n) is 9.45. The third-order valence-electron chi connectivity index (χ3n) is 5.20. The number of nitrogens with zero attached hydrogens (tertiary/aromatic N) is 1. The van der Waals surface area contributed by atoms with Crippen molar-refractivity contribution in [1.29, 1.82) is 0 Å². The molecular formula is C23H19ClN2O4. The standard InChI is InChI=1S/C23H19ClN2O4/c1-30-23(29)15-9-10-18(24)19(11-15)25-22(28)16-12-21(27)26(13-16)20-8-4-6-14-5-2-3-7-17(14)20/h2-11,16H,12-13H2,1H3,(H,25,28). The Kier molecular flexibility index (Phi) is 5.42. The number of ether oxygens (including phenoxy) is 1. The van der Waals surface area contributed by atoms with Gasteiger partial charge in [-0.05, 0) is 29.7 Å². The molecule has 1 atom stereocenters. The summed E-state index contributed by atoms with van der Waals surface area (Å²) < 4.78 is 4.70. The molecule has 0 bridgehead atoms. The predicted molar refractivity (Wildman–Crippen MR) is 116 cm³/mol. The molecule has 0 saturated carbocycles. The van der Waals surface area contributed by atoms with Crippen molar-refractivity contribution < 1.29 is 19.1 Å². The summed E-state index contributed by atoms with van der Waals surface area (Å²) in [5, 5.41) is 5.03. The van der Waals surface area contributed by atoms with Gasteiger partial charge >= 0.3 is 5.97 Å². The number of halogens is 1. The molecule has 1 fully saturated rings. The van der Waals surface area contributed by atoms with Gasteiger partial charge in [0.2, 0.25) is 11.8 Å². The van der Waals surface area contributed by atoms with E-state index in [0.717, 1.165) is 16.5 Å². The molecule has 4 rings (SSSR count). The number of esters is 1. The number of hydrogen-bond acceptors (Lipinski definition) is 4. The molecule has 0 aliphatic carbocycles. The number of methoxy groups -OCH3 is 1. The van der Waals surface area contributed by atoms with E-state index in [1.807, 2.05) is 42.5 Å². The molecule has 1 N–H and O–H groups in total. The number of fused-ring (bicyclic) bond motifs is 1. The van der Waals surface area contributed by atoms with E-state index in [9.17, 15) is 14.4 Å². The fourth-order valence-electron chi connectivity index (χ4n) is 3.66. The second kappa shape index (κ2) is 8.16. The van der Waals surface area contributed by atoms with E-state index >= 15 is 0 Å². The molecule has 152 valence electrons. The average Bonchev–Trinajstić information content (AvgIpc) is 3.15. The summed E-state index contributed by atoms with van der Waals surface area (Å²) in [6.07, 6.45) is 0.101. The summed E-state index contributed by atoms with van der Waals surface area (Å²) >= 11 is 6.17. The van der Waals surface area contributed by atoms with Crippen LogP contribution < -0.4 is 10.2 Å². The lowest BCUT2D eigenvalue weighted by molar-refractivity contribution is -0.122. The minimum atomic E-state index is -0.533. The summed E-state index contributed by atoms with van der Waals surface area (Å²) in [5.74, 6) is -1.49. The van der Waals surface area contributed by atoms with Gasteiger partial charge in [-0.3, -0.25) is 9.59 Å². The highest BCUT2D eigenvalue weighted by molar-refractivity contribution is 6.34. The van der Waals surface area contributed by atoms with E-state index < -0.39 is 11.9 Å². The van der Waals surface area contributed by atoms with Crippen LogP contribution in [0, 0.1) is 5.92 Å². The highest BCUT2D eigenvalue weighted by atomic mass is 35.5. The number of hydrogen-bond donors (Lipinski definition) is 1. The SMILES string of the molecule is COC(=O)c1ccc(Cl)c(NC(=O)C2CC(=O)N(c3cccc4ccccc34)C2)c1. The van der Waals surface area contributed by atoms with Gasteiger partial charge in [0.05, 0.1) is 35.0 Å². The van der Waals surface area contributed by atoms with Gasteiger partial charge in [0.1, 0.15) is 0 Å². The second-order valence-electron chi connectivity index (χ2n) is 7.08. The fourth-order valence-corrected chi connectivity index (χ4v) is 3.83. The lowest BCUT2D eigenvalue weighted by atomic mass is 10.1. The van der Waals surface area contributed by atoms with E-state index in [1.165, 1.54) is 25.3 Å². The molecule has 3 aromatic rings. The van der Waals surface area contributed by atoms with Crippen LogP contribution >= 0.6 is 11.6 Å². The molecule has 30 heavy (non-hydrogen) atoms. The van der Waals surface area contributed by atoms with Gasteiger partial charge in [-0.25, -0.2) is 4.79 Å². The summed E-state index contributed by atoms with van der Waals surface area (Å²) in [5.41, 5.74) is 1.37. The van der Waals surface area contributed by atoms with Crippen molar-refractivity contribution >= 4 is 51.5 Å². The molecule has 2 amide bonds. The zero-order chi connectivity index (χ0) is 21.3. The molecule has 3 aromatic carbocycles. The lowest BCUT2D eigenvalue weighted by Gasteiger charge is -2.19. The van der Waals surface area contributed by atoms with Crippen LogP contribution in [0.4, 0.5) is 11.4 Å². The lowest BCUT2D eigenvalue weighted by Crippen LogP contribution is -2.28. The molecule has 1 aliphatic rings. The maximum Gasteiger partial charge on any atom is 0.337 e. The Labute approximate surface area is 178 Å². The van der Waals surface area contributed by atoms with Crippen molar-refractivity contribution in [2.45, 2.75) is 6.42 Å². The Morgan fingerprint density at radius 3 is 2.67 bits per heavy atom. The summed E-state index contributed by atoms with van der Waals surface area (Å²) in [6, 6.07) is 18.1. The van der Waals surface area contributed by atoms with Crippen molar-refractivity contribution in [2.24, 2.45) is 5.92 Å². The van der Waals surface area contributed by atoms with Crippen molar-refractivity contribution in [1.82, 2.24) is 0 Å². The van der Waals surface area contributed by atoms with Gasteiger partial charge in [0, 0.05) is 18.4 Å². The molecule has 0 spiro atoms. The molecule has 0 aromatic heterocycles. The molecule has 1 aliphatic heterocycles. The third kappa shape index (κ3) is 3.74. The summed E-state index contributed by atoms with van der Waals surface area (Å²) in [6.45, 7) is 0.271. The fraction of sp³-hybridized carbons (Fsp3) is 0.174. The van der Waals surface area contributed by atoms with Crippen LogP contribution in [0.1, 0.15) is 16.8 Å². The number of rotatable bonds is 4. The number of carbonyl (C=O) groups is 3. The number of benzene rings is 3. The number of anilines is 2. The van der Waals surface area contributed by atoms with E-state index in [4.69, 9.17) is 16.3 Å². The first-order valence-corrected chi connectivity index (χ1v) is 9.82. The van der Waals surface area contributed by atoms with Crippen LogP contribution in [0.25, 0.3) is 10.8 Å². The van der Waals surface area contributed by atoms with Crippen molar-refractivity contribution in [3.05, 3.63) is 71.2 Å². The van der Waals surface area contributed by atoms with Gasteiger partial charge in [0.25, 0.3) is 0 Å². The van der Waals surface area contributed by atoms with E-state index in [1.54, 1.807) is 4.90 Å². The molecule has 6 nitrogen and oxygen atoms in total. The number of carbonyl (C=O) groups excluding carboxylic acids is 3. The number of amides is 2. The van der Waals surface area contributed by atoms with E-state index in [0.29, 0.717) is 10.7 Å². The highest BCUT2D eigenvalue weighted by Crippen LogP contribution is 2.32. The monoisotopic (exact) mass is 422 g/mol. The summed E-state index contributed by atoms with van der Waals surface area (Å²) in [4.78, 5) is 38.9. The highest BCUT2D eigenvalue weighted by Gasteiger charge is 2.36. The molecule has 1 saturated heterocycles. The van der Waals surface area contributed by atoms with E-state index in [2.05, 4.69) is 5.32 Å². The Hall–Kier alpha value is -3.38. The first kappa shape index (κ1) is 19.9. The summed E-state index contributed by atoms with van der Waals surface area (Å²) in [7, 11) is 1.28. The smallest absolute Gasteiger partial charge is 0.337 e. The Balaban J connectivity index is 1.55. The molecule has 0 radical (unpaired) electrons. The quantitative estimate of drug-likeness (QED) is 0.637. The van der Waals surface area contributed by atoms with Crippen LogP contribution in [-0.4, -0.2) is 31.4 Å². The second-order valence-corrected chi connectivity index (χ2v) is 7.49. The zero-order valence-corrected chi connectivity index (χ0v) is 17.0. The molecule has 7 heteroatoms. The van der Waals surface area contributed by atoms with Gasteiger partial charge in [0.15, 0.2) is 0 Å². The van der Waals surface area contributed by atoms with Crippen molar-refractivity contribution in [2.75, 3.05) is 23.9 Å². The van der Waals surface area contributed by atoms with Crippen LogP contribution in [-0.2, 0) is 14.3 Å². The van der Waals surface area contributed by atoms with Crippen molar-refractivity contribution in [3.63, 3.8) is 0 Å². The minimum absolute atomic E-state index is 0.101. The zero-order valence-electron chi connectivity index (χ0n) is 16.2. The predicted octanol–water partition coefficient (Wildman–Crippen LogP) is 4.27. The minimum Gasteiger partial charge on any atom is -0.465 e. The Bertz CT molecular complexity index is 1160. The topological polar surface area (TPSA) is 75.7 Å². The largest absolute Gasteiger partial charge is 0.465 e. The van der Waals surface area contributed by atoms with Gasteiger partial charge in [-0.2, -0.15) is 0 Å². The van der Waals surface area contributed by atoms with Gasteiger partial charge in [-0.1, -0.05) is 48.0 Å². The van der Waals surface area contributed by atoms with Crippen LogP contribution in [0.5, 0.6) is 0 Å². The Morgan fingerprint density at radius 1 is 1.10 bits per heavy atom. The normalized spacial score (nSPS) is 16.0. The Morgan fingerprint density at radius 2 is 1.87 bits per heavy atom. The van der Waals surface area contributed by atoms with Crippen LogP contribution in [0.3, 0.4) is 0 Å². The van der Waals surface area contributed by atoms with Crippen molar-refractivity contribution in [3.8, 4) is 0 Å². The van der Waals surface area contributed by atoms with Gasteiger partial charge < -0.3 is 15.0 Å². The molecule has 1 heterocycles. The van der Waals surface area contributed by atoms with E-state index in [-0.39, 0.29) is 30.3 Å². The number of nitrogens with one attached hydrogen (secondary N) is 1. The van der Waals surface area contributed by atoms with Crippen LogP contribution in [0.2, 0.25) is 5.02 Å². The van der Waals surface area contributed by atoms with Gasteiger partial charge in [-0.15, -0.1) is 0 Å². The maximum atomic E-state index is 12.8. The molecular weight excluding hydrogens is 404 g/mol. The third-order valence-corrected chi connectivity index (χ3v) is 5.53. The maximum absolute atomic E-state index is 12.8.